The molecule has 0 aromatic carbocycles. The molecule has 1 aliphatic carbocycles. The van der Waals surface area contributed by atoms with Gasteiger partial charge in [0.25, 0.3) is 5.91 Å². The summed E-state index contributed by atoms with van der Waals surface area (Å²) in [5.74, 6) is 0.539. The highest BCUT2D eigenvalue weighted by molar-refractivity contribution is 5.88. The van der Waals surface area contributed by atoms with E-state index in [0.29, 0.717) is 32.5 Å². The van der Waals surface area contributed by atoms with E-state index in [9.17, 15) is 9.18 Å². The number of halogens is 1. The Labute approximate surface area is 151 Å². The van der Waals surface area contributed by atoms with Gasteiger partial charge in [0.1, 0.15) is 5.54 Å². The highest BCUT2D eigenvalue weighted by Crippen LogP contribution is 2.49. The van der Waals surface area contributed by atoms with Crippen molar-refractivity contribution in [2.24, 2.45) is 0 Å². The Morgan fingerprint density at radius 3 is 2.92 bits per heavy atom. The molecule has 5 rings (SSSR count). The summed E-state index contributed by atoms with van der Waals surface area (Å²) in [6.45, 7) is 5.62. The summed E-state index contributed by atoms with van der Waals surface area (Å²) in [5, 5.41) is 0. The topological polar surface area (TPSA) is 41.4 Å². The first-order valence-electron chi connectivity index (χ1n) is 9.09. The first kappa shape index (κ1) is 15.6. The van der Waals surface area contributed by atoms with Crippen LogP contribution >= 0.6 is 0 Å². The minimum Gasteiger partial charge on any atom is -0.352 e. The Morgan fingerprint density at radius 1 is 1.31 bits per heavy atom. The largest absolute Gasteiger partial charge is 0.352 e. The zero-order valence-corrected chi connectivity index (χ0v) is 14.6. The summed E-state index contributed by atoms with van der Waals surface area (Å²) in [5.41, 5.74) is 0.121. The van der Waals surface area contributed by atoms with Crippen LogP contribution < -0.4 is 4.90 Å². The third-order valence-corrected chi connectivity index (χ3v) is 5.95. The normalized spacial score (nSPS) is 25.1. The number of nitrogens with zero attached hydrogens (tertiary/aromatic N) is 4. The van der Waals surface area contributed by atoms with Gasteiger partial charge in [-0.25, -0.2) is 9.37 Å². The number of anilines is 1. The lowest BCUT2D eigenvalue weighted by atomic mass is 9.89. The average Bonchev–Trinajstić information content (AvgIpc) is 3.08. The predicted molar refractivity (Wildman–Crippen MR) is 97.1 cm³/mol. The molecule has 134 valence electrons. The lowest BCUT2D eigenvalue weighted by Gasteiger charge is -2.46. The van der Waals surface area contributed by atoms with Crippen LogP contribution in [0, 0.1) is 0 Å². The Bertz CT molecular complexity index is 903. The summed E-state index contributed by atoms with van der Waals surface area (Å²) in [4.78, 5) is 21.2. The summed E-state index contributed by atoms with van der Waals surface area (Å²) in [7, 11) is 0. The maximum Gasteiger partial charge on any atom is 0.260 e. The molecule has 0 unspecified atom stereocenters. The minimum absolute atomic E-state index is 0.344. The monoisotopic (exact) mass is 352 g/mol. The number of pyridine rings is 1. The number of hydrogen-bond donors (Lipinski definition) is 0. The van der Waals surface area contributed by atoms with Crippen molar-refractivity contribution >= 4 is 11.6 Å². The molecule has 2 aliphatic heterocycles. The van der Waals surface area contributed by atoms with Gasteiger partial charge in [-0.2, -0.15) is 0 Å². The van der Waals surface area contributed by atoms with Gasteiger partial charge in [-0.15, -0.1) is 6.58 Å². The highest BCUT2D eigenvalue weighted by atomic mass is 19.1. The van der Waals surface area contributed by atoms with E-state index in [4.69, 9.17) is 0 Å². The van der Waals surface area contributed by atoms with Crippen LogP contribution in [-0.4, -0.2) is 45.7 Å². The first-order valence-corrected chi connectivity index (χ1v) is 9.09. The summed E-state index contributed by atoms with van der Waals surface area (Å²) in [6, 6.07) is 8.08. The number of aromatic nitrogens is 2. The van der Waals surface area contributed by atoms with Gasteiger partial charge in [0.2, 0.25) is 0 Å². The fourth-order valence-corrected chi connectivity index (χ4v) is 4.50. The van der Waals surface area contributed by atoms with Crippen LogP contribution in [0.1, 0.15) is 25.0 Å². The molecule has 1 atom stereocenters. The van der Waals surface area contributed by atoms with Crippen molar-refractivity contribution < 1.29 is 9.18 Å². The third-order valence-electron chi connectivity index (χ3n) is 5.95. The van der Waals surface area contributed by atoms with E-state index in [0.717, 1.165) is 23.6 Å². The molecule has 1 saturated carbocycles. The number of carbonyl (C=O) groups is 1. The number of carbonyl (C=O) groups excluding carboxylic acids is 1. The lowest BCUT2D eigenvalue weighted by molar-refractivity contribution is -0.137. The minimum atomic E-state index is -1.62. The van der Waals surface area contributed by atoms with Crippen LogP contribution in [0.25, 0.3) is 5.82 Å². The summed E-state index contributed by atoms with van der Waals surface area (Å²) < 4.78 is 16.5. The third kappa shape index (κ3) is 1.95. The van der Waals surface area contributed by atoms with E-state index >= 15 is 0 Å². The van der Waals surface area contributed by atoms with Gasteiger partial charge >= 0.3 is 0 Å². The van der Waals surface area contributed by atoms with Gasteiger partial charge in [-0.3, -0.25) is 4.79 Å². The van der Waals surface area contributed by atoms with Crippen molar-refractivity contribution in [2.45, 2.75) is 30.5 Å². The van der Waals surface area contributed by atoms with Gasteiger partial charge in [-0.05, 0) is 43.5 Å². The van der Waals surface area contributed by atoms with E-state index in [2.05, 4.69) is 33.2 Å². The van der Waals surface area contributed by atoms with Crippen LogP contribution in [0.4, 0.5) is 10.1 Å². The summed E-state index contributed by atoms with van der Waals surface area (Å²) in [6.07, 6.45) is 7.15. The van der Waals surface area contributed by atoms with Crippen molar-refractivity contribution in [3.8, 4) is 5.82 Å². The lowest BCUT2D eigenvalue weighted by Crippen LogP contribution is -2.53. The molecule has 0 bridgehead atoms. The second-order valence-electron chi connectivity index (χ2n) is 7.48. The Balaban J connectivity index is 1.62. The maximum atomic E-state index is 14.4. The zero-order valence-electron chi connectivity index (χ0n) is 14.6. The number of alkyl halides is 1. The standard InChI is InChI=1S/C20H21FN4O/c1-2-11-25-15-5-3-10-22-17(15)24-12-4-6-16(24)20(25)9-13-23(14-20)18(26)19(21)7-8-19/h2-6,10,12H,1,7-9,11,13-14H2/t20-/m0/s1. The molecule has 3 aliphatic rings. The molecule has 0 radical (unpaired) electrons. The van der Waals surface area contributed by atoms with Crippen molar-refractivity contribution in [3.05, 3.63) is 55.0 Å². The van der Waals surface area contributed by atoms with E-state index in [-0.39, 0.29) is 11.4 Å². The maximum absolute atomic E-state index is 14.4. The number of hydrogen-bond acceptors (Lipinski definition) is 3. The molecule has 5 nitrogen and oxygen atoms in total. The molecule has 1 spiro atoms. The smallest absolute Gasteiger partial charge is 0.260 e. The number of rotatable bonds is 3. The van der Waals surface area contributed by atoms with Gasteiger partial charge in [0, 0.05) is 32.0 Å². The number of amides is 1. The fraction of sp³-hybridized carbons (Fsp3) is 0.400. The molecule has 2 aromatic heterocycles. The molecule has 2 fully saturated rings. The molecule has 2 aromatic rings. The SMILES string of the molecule is C=CCN1c2cccnc2-n2cccc2[C@@]12CCN(C(=O)C1(F)CC1)C2. The molecule has 1 amide bonds. The molecule has 4 heterocycles. The van der Waals surface area contributed by atoms with Crippen molar-refractivity contribution in [1.82, 2.24) is 14.5 Å². The van der Waals surface area contributed by atoms with E-state index in [1.54, 1.807) is 11.1 Å². The van der Waals surface area contributed by atoms with Gasteiger partial charge in [0.15, 0.2) is 11.5 Å². The van der Waals surface area contributed by atoms with Gasteiger partial charge < -0.3 is 14.4 Å². The number of likely N-dealkylation sites (tertiary alicyclic amines) is 1. The number of fused-ring (bicyclic) bond motifs is 4. The molecular weight excluding hydrogens is 331 g/mol. The van der Waals surface area contributed by atoms with Crippen LogP contribution in [-0.2, 0) is 10.3 Å². The van der Waals surface area contributed by atoms with Crippen molar-refractivity contribution in [1.29, 1.82) is 0 Å². The Kier molecular flexibility index (Phi) is 3.12. The summed E-state index contributed by atoms with van der Waals surface area (Å²) >= 11 is 0. The van der Waals surface area contributed by atoms with Gasteiger partial charge in [-0.1, -0.05) is 6.08 Å². The molecule has 0 N–H and O–H groups in total. The van der Waals surface area contributed by atoms with E-state index in [1.165, 1.54) is 0 Å². The second kappa shape index (κ2) is 5.19. The fourth-order valence-electron chi connectivity index (χ4n) is 4.50. The first-order chi connectivity index (χ1) is 12.6. The predicted octanol–water partition coefficient (Wildman–Crippen LogP) is 2.81. The average molecular weight is 352 g/mol. The van der Waals surface area contributed by atoms with Gasteiger partial charge in [0.05, 0.1) is 11.4 Å². The highest BCUT2D eigenvalue weighted by Gasteiger charge is 2.57. The van der Waals surface area contributed by atoms with Crippen molar-refractivity contribution in [2.75, 3.05) is 24.5 Å². The molecule has 26 heavy (non-hydrogen) atoms. The van der Waals surface area contributed by atoms with E-state index < -0.39 is 5.67 Å². The molecule has 1 saturated heterocycles. The van der Waals surface area contributed by atoms with Crippen molar-refractivity contribution in [3.63, 3.8) is 0 Å². The van der Waals surface area contributed by atoms with Crippen LogP contribution in [0.15, 0.2) is 49.3 Å². The second-order valence-corrected chi connectivity index (χ2v) is 7.48. The molecule has 6 heteroatoms. The van der Waals surface area contributed by atoms with Crippen LogP contribution in [0.5, 0.6) is 0 Å². The Hall–Kier alpha value is -2.63. The quantitative estimate of drug-likeness (QED) is 0.798. The van der Waals surface area contributed by atoms with E-state index in [1.807, 2.05) is 24.4 Å². The Morgan fingerprint density at radius 2 is 2.15 bits per heavy atom. The molecular formula is C20H21FN4O. The zero-order chi connectivity index (χ0) is 17.9. The van der Waals surface area contributed by atoms with Crippen LogP contribution in [0.3, 0.4) is 0 Å². The van der Waals surface area contributed by atoms with Crippen LogP contribution in [0.2, 0.25) is 0 Å².